The molecule has 0 bridgehead atoms. The van der Waals surface area contributed by atoms with Gasteiger partial charge in [0.2, 0.25) is 0 Å². The van der Waals surface area contributed by atoms with Gasteiger partial charge < -0.3 is 19.1 Å². The topological polar surface area (TPSA) is 66.8 Å². The first-order chi connectivity index (χ1) is 16.0. The number of hydrazone groups is 1. The third kappa shape index (κ3) is 4.96. The maximum Gasteiger partial charge on any atom is 0.257 e. The lowest BCUT2D eigenvalue weighted by molar-refractivity contribution is -0.134. The summed E-state index contributed by atoms with van der Waals surface area (Å²) in [6, 6.07) is 13.1. The lowest BCUT2D eigenvalue weighted by Crippen LogP contribution is -2.48. The summed E-state index contributed by atoms with van der Waals surface area (Å²) in [6.07, 6.45) is 0.554. The molecular weight excluding hydrogens is 420 g/mol. The van der Waals surface area contributed by atoms with Crippen LogP contribution < -0.4 is 14.2 Å². The summed E-state index contributed by atoms with van der Waals surface area (Å²) >= 11 is 0. The van der Waals surface area contributed by atoms with Crippen molar-refractivity contribution in [1.29, 1.82) is 0 Å². The monoisotopic (exact) mass is 452 g/mol. The first kappa shape index (κ1) is 23.1. The Kier molecular flexibility index (Phi) is 7.15. The van der Waals surface area contributed by atoms with E-state index in [0.717, 1.165) is 48.8 Å². The van der Waals surface area contributed by atoms with Crippen LogP contribution in [0.3, 0.4) is 0 Å². The average molecular weight is 453 g/mol. The Labute approximate surface area is 195 Å². The largest absolute Gasteiger partial charge is 0.497 e. The standard InChI is InChI=1S/C25H32N4O4/c1-27-11-13-28(14-12-27)17-25(30)29-22(20-15-18(31-2)9-10-24(20)33-4)16-21(26-29)19-7-5-6-8-23(19)32-3/h5-10,15,22H,11-14,16-17H2,1-4H3. The first-order valence-electron chi connectivity index (χ1n) is 11.2. The van der Waals surface area contributed by atoms with Gasteiger partial charge >= 0.3 is 0 Å². The number of nitrogens with zero attached hydrogens (tertiary/aromatic N) is 4. The number of hydrogen-bond donors (Lipinski definition) is 0. The average Bonchev–Trinajstić information content (AvgIpc) is 3.30. The zero-order valence-corrected chi connectivity index (χ0v) is 19.8. The fourth-order valence-corrected chi connectivity index (χ4v) is 4.40. The van der Waals surface area contributed by atoms with Gasteiger partial charge in [-0.05, 0) is 37.4 Å². The van der Waals surface area contributed by atoms with Gasteiger partial charge in [0.25, 0.3) is 5.91 Å². The third-order valence-corrected chi connectivity index (χ3v) is 6.33. The Morgan fingerprint density at radius 1 is 0.970 bits per heavy atom. The van der Waals surface area contributed by atoms with E-state index in [1.54, 1.807) is 26.3 Å². The Balaban J connectivity index is 1.68. The van der Waals surface area contributed by atoms with E-state index in [9.17, 15) is 4.79 Å². The molecule has 1 unspecified atom stereocenters. The highest BCUT2D eigenvalue weighted by molar-refractivity contribution is 6.05. The number of ether oxygens (including phenoxy) is 3. The number of carbonyl (C=O) groups is 1. The molecule has 2 heterocycles. The van der Waals surface area contributed by atoms with Crippen LogP contribution in [0.1, 0.15) is 23.6 Å². The molecular formula is C25H32N4O4. The Hall–Kier alpha value is -3.10. The van der Waals surface area contributed by atoms with Gasteiger partial charge in [-0.15, -0.1) is 0 Å². The SMILES string of the molecule is COc1ccc(OC)c(C2CC(c3ccccc3OC)=NN2C(=O)CN2CCN(C)CC2)c1. The zero-order valence-electron chi connectivity index (χ0n) is 19.8. The number of likely N-dealkylation sites (N-methyl/N-ethyl adjacent to an activating group) is 1. The molecule has 0 N–H and O–H groups in total. The molecule has 8 nitrogen and oxygen atoms in total. The highest BCUT2D eigenvalue weighted by atomic mass is 16.5. The first-order valence-corrected chi connectivity index (χ1v) is 11.2. The lowest BCUT2D eigenvalue weighted by atomic mass is 9.97. The predicted molar refractivity (Wildman–Crippen MR) is 127 cm³/mol. The predicted octanol–water partition coefficient (Wildman–Crippen LogP) is 2.64. The van der Waals surface area contributed by atoms with E-state index in [1.165, 1.54) is 0 Å². The van der Waals surface area contributed by atoms with E-state index in [-0.39, 0.29) is 11.9 Å². The molecule has 0 aromatic heterocycles. The molecule has 176 valence electrons. The molecule has 33 heavy (non-hydrogen) atoms. The van der Waals surface area contributed by atoms with Crippen molar-refractivity contribution in [1.82, 2.24) is 14.8 Å². The van der Waals surface area contributed by atoms with Crippen LogP contribution >= 0.6 is 0 Å². The maximum absolute atomic E-state index is 13.5. The molecule has 2 aromatic carbocycles. The second-order valence-corrected chi connectivity index (χ2v) is 8.39. The minimum absolute atomic E-state index is 0.0284. The van der Waals surface area contributed by atoms with Crippen molar-refractivity contribution in [2.24, 2.45) is 5.10 Å². The molecule has 0 radical (unpaired) electrons. The number of amides is 1. The Morgan fingerprint density at radius 3 is 2.39 bits per heavy atom. The van der Waals surface area contributed by atoms with Crippen LogP contribution in [0.25, 0.3) is 0 Å². The van der Waals surface area contributed by atoms with Gasteiger partial charge in [0, 0.05) is 43.7 Å². The molecule has 2 aromatic rings. The van der Waals surface area contributed by atoms with Crippen LogP contribution in [-0.4, -0.2) is 87.5 Å². The number of hydrogen-bond acceptors (Lipinski definition) is 7. The van der Waals surface area contributed by atoms with Crippen LogP contribution in [0.4, 0.5) is 0 Å². The molecule has 8 heteroatoms. The number of para-hydroxylation sites is 1. The smallest absolute Gasteiger partial charge is 0.257 e. The molecule has 0 aliphatic carbocycles. The van der Waals surface area contributed by atoms with Crippen LogP contribution in [0.2, 0.25) is 0 Å². The van der Waals surface area contributed by atoms with E-state index in [4.69, 9.17) is 19.3 Å². The molecule has 2 aliphatic rings. The number of methoxy groups -OCH3 is 3. The van der Waals surface area contributed by atoms with Crippen molar-refractivity contribution >= 4 is 11.6 Å². The summed E-state index contributed by atoms with van der Waals surface area (Å²) in [7, 11) is 7.02. The summed E-state index contributed by atoms with van der Waals surface area (Å²) in [5.74, 6) is 2.12. The Morgan fingerprint density at radius 2 is 1.70 bits per heavy atom. The number of piperazine rings is 1. The van der Waals surface area contributed by atoms with Crippen LogP contribution in [0.15, 0.2) is 47.6 Å². The summed E-state index contributed by atoms with van der Waals surface area (Å²) in [5, 5.41) is 6.45. The van der Waals surface area contributed by atoms with E-state index in [1.807, 2.05) is 42.5 Å². The quantitative estimate of drug-likeness (QED) is 0.644. The minimum Gasteiger partial charge on any atom is -0.497 e. The Bertz CT molecular complexity index is 1020. The summed E-state index contributed by atoms with van der Waals surface area (Å²) in [6.45, 7) is 3.98. The summed E-state index contributed by atoms with van der Waals surface area (Å²) in [5.41, 5.74) is 2.58. The summed E-state index contributed by atoms with van der Waals surface area (Å²) in [4.78, 5) is 18.0. The highest BCUT2D eigenvalue weighted by Gasteiger charge is 2.36. The highest BCUT2D eigenvalue weighted by Crippen LogP contribution is 2.40. The van der Waals surface area contributed by atoms with Crippen LogP contribution in [0.5, 0.6) is 17.2 Å². The van der Waals surface area contributed by atoms with Gasteiger partial charge in [-0.25, -0.2) is 5.01 Å². The molecule has 4 rings (SSSR count). The van der Waals surface area contributed by atoms with Crippen molar-refractivity contribution in [2.45, 2.75) is 12.5 Å². The fraction of sp³-hybridized carbons (Fsp3) is 0.440. The summed E-state index contributed by atoms with van der Waals surface area (Å²) < 4.78 is 16.7. The molecule has 1 amide bonds. The van der Waals surface area contributed by atoms with Gasteiger partial charge in [0.1, 0.15) is 17.2 Å². The second-order valence-electron chi connectivity index (χ2n) is 8.39. The normalized spacial score (nSPS) is 19.3. The van der Waals surface area contributed by atoms with Gasteiger partial charge in [0.15, 0.2) is 0 Å². The van der Waals surface area contributed by atoms with Gasteiger partial charge in [0.05, 0.1) is 39.6 Å². The van der Waals surface area contributed by atoms with Crippen molar-refractivity contribution in [3.63, 3.8) is 0 Å². The lowest BCUT2D eigenvalue weighted by Gasteiger charge is -2.33. The molecule has 1 atom stereocenters. The van der Waals surface area contributed by atoms with E-state index >= 15 is 0 Å². The van der Waals surface area contributed by atoms with E-state index in [0.29, 0.717) is 24.5 Å². The van der Waals surface area contributed by atoms with E-state index < -0.39 is 0 Å². The number of benzene rings is 2. The van der Waals surface area contributed by atoms with Crippen LogP contribution in [0, 0.1) is 0 Å². The van der Waals surface area contributed by atoms with Crippen molar-refractivity contribution in [3.05, 3.63) is 53.6 Å². The van der Waals surface area contributed by atoms with E-state index in [2.05, 4.69) is 16.8 Å². The zero-order chi connectivity index (χ0) is 23.4. The third-order valence-electron chi connectivity index (χ3n) is 6.33. The number of rotatable bonds is 7. The number of carbonyl (C=O) groups excluding carboxylic acids is 1. The van der Waals surface area contributed by atoms with Crippen molar-refractivity contribution < 1.29 is 19.0 Å². The molecule has 0 saturated carbocycles. The fourth-order valence-electron chi connectivity index (χ4n) is 4.40. The van der Waals surface area contributed by atoms with Gasteiger partial charge in [-0.3, -0.25) is 9.69 Å². The van der Waals surface area contributed by atoms with Gasteiger partial charge in [-0.2, -0.15) is 5.10 Å². The molecule has 1 fully saturated rings. The van der Waals surface area contributed by atoms with Crippen LogP contribution in [-0.2, 0) is 4.79 Å². The van der Waals surface area contributed by atoms with Crippen molar-refractivity contribution in [3.8, 4) is 17.2 Å². The maximum atomic E-state index is 13.5. The molecule has 2 aliphatic heterocycles. The molecule has 0 spiro atoms. The second kappa shape index (κ2) is 10.2. The van der Waals surface area contributed by atoms with Gasteiger partial charge in [-0.1, -0.05) is 12.1 Å². The minimum atomic E-state index is -0.296. The van der Waals surface area contributed by atoms with Crippen molar-refractivity contribution in [2.75, 3.05) is 61.1 Å². The molecule has 1 saturated heterocycles.